The number of hydrogen-bond donors (Lipinski definition) is 2. The average molecular weight is 467 g/mol. The van der Waals surface area contributed by atoms with Gasteiger partial charge in [0.25, 0.3) is 0 Å². The quantitative estimate of drug-likeness (QED) is 0.589. The van der Waals surface area contributed by atoms with Crippen LogP contribution in [0.5, 0.6) is 0 Å². The third-order valence-electron chi connectivity index (χ3n) is 4.82. The third-order valence-corrected chi connectivity index (χ3v) is 6.20. The second-order valence-electron chi connectivity index (χ2n) is 6.96. The molecule has 0 spiro atoms. The van der Waals surface area contributed by atoms with Crippen molar-refractivity contribution in [2.24, 2.45) is 11.7 Å². The largest absolute Gasteiger partial charge is 0.440 e. The second-order valence-corrected chi connectivity index (χ2v) is 8.73. The summed E-state index contributed by atoms with van der Waals surface area (Å²) in [5.74, 6) is 2.34. The van der Waals surface area contributed by atoms with Crippen LogP contribution in [0.4, 0.5) is 0 Å². The average Bonchev–Trinajstić information content (AvgIpc) is 3.40. The number of thioether (sulfide) groups is 1. The molecule has 28 heavy (non-hydrogen) atoms. The molecule has 5 nitrogen and oxygen atoms in total. The Labute approximate surface area is 187 Å². The van der Waals surface area contributed by atoms with Crippen molar-refractivity contribution in [2.75, 3.05) is 6.54 Å². The first-order chi connectivity index (χ1) is 12.4. The summed E-state index contributed by atoms with van der Waals surface area (Å²) in [5, 5.41) is 3.61. The van der Waals surface area contributed by atoms with E-state index in [-0.39, 0.29) is 41.5 Å². The summed E-state index contributed by atoms with van der Waals surface area (Å²) >= 11 is 7.40. The first-order valence-corrected chi connectivity index (χ1v) is 10.2. The van der Waals surface area contributed by atoms with Crippen LogP contribution in [0.1, 0.15) is 32.6 Å². The number of carbonyl (C=O) groups excluding carboxylic acids is 1. The first kappa shape index (κ1) is 25.1. The van der Waals surface area contributed by atoms with E-state index in [1.165, 1.54) is 11.8 Å². The van der Waals surface area contributed by atoms with Crippen LogP contribution in [0.25, 0.3) is 11.3 Å². The summed E-state index contributed by atoms with van der Waals surface area (Å²) in [7, 11) is 0. The highest BCUT2D eigenvalue weighted by Gasteiger charge is 2.42. The number of rotatable bonds is 8. The van der Waals surface area contributed by atoms with E-state index in [1.807, 2.05) is 38.1 Å². The molecule has 1 aromatic heterocycles. The van der Waals surface area contributed by atoms with E-state index in [0.29, 0.717) is 34.9 Å². The van der Waals surface area contributed by atoms with Gasteiger partial charge in [0.15, 0.2) is 5.76 Å². The van der Waals surface area contributed by atoms with E-state index in [0.717, 1.165) is 18.4 Å². The molecule has 3 rings (SSSR count). The van der Waals surface area contributed by atoms with Crippen LogP contribution in [-0.2, 0) is 10.5 Å². The SMILES string of the molecule is CC(SCc1ncc(-c2ccc(Cl)cc2)o1)C(=O)NC(C)(CN)C1CC1.Cl.Cl. The van der Waals surface area contributed by atoms with E-state index < -0.39 is 0 Å². The Morgan fingerprint density at radius 2 is 2.04 bits per heavy atom. The van der Waals surface area contributed by atoms with Crippen LogP contribution in [0.2, 0.25) is 5.02 Å². The van der Waals surface area contributed by atoms with E-state index in [1.54, 1.807) is 6.20 Å². The minimum absolute atomic E-state index is 0. The van der Waals surface area contributed by atoms with Crippen molar-refractivity contribution >= 4 is 54.1 Å². The van der Waals surface area contributed by atoms with Gasteiger partial charge in [0, 0.05) is 17.1 Å². The maximum absolute atomic E-state index is 12.5. The van der Waals surface area contributed by atoms with Crippen LogP contribution in [0.3, 0.4) is 0 Å². The molecule has 1 heterocycles. The third kappa shape index (κ3) is 6.29. The molecule has 9 heteroatoms. The number of hydrogen-bond acceptors (Lipinski definition) is 5. The van der Waals surface area contributed by atoms with Gasteiger partial charge in [0.1, 0.15) is 0 Å². The first-order valence-electron chi connectivity index (χ1n) is 8.75. The number of nitrogens with one attached hydrogen (secondary N) is 1. The van der Waals surface area contributed by atoms with Gasteiger partial charge in [0.2, 0.25) is 11.8 Å². The number of amides is 1. The molecule has 1 amide bonds. The smallest absolute Gasteiger partial charge is 0.233 e. The Morgan fingerprint density at radius 3 is 2.61 bits per heavy atom. The summed E-state index contributed by atoms with van der Waals surface area (Å²) in [5.41, 5.74) is 6.50. The van der Waals surface area contributed by atoms with Crippen LogP contribution in [-0.4, -0.2) is 28.2 Å². The van der Waals surface area contributed by atoms with E-state index in [9.17, 15) is 4.79 Å². The molecular formula is C19H26Cl3N3O2S. The van der Waals surface area contributed by atoms with Crippen molar-refractivity contribution in [1.82, 2.24) is 10.3 Å². The van der Waals surface area contributed by atoms with Gasteiger partial charge in [-0.05, 0) is 56.9 Å². The van der Waals surface area contributed by atoms with Crippen molar-refractivity contribution in [3.63, 3.8) is 0 Å². The van der Waals surface area contributed by atoms with Crippen LogP contribution in [0, 0.1) is 5.92 Å². The summed E-state index contributed by atoms with van der Waals surface area (Å²) in [4.78, 5) is 16.8. The fourth-order valence-electron chi connectivity index (χ4n) is 2.82. The number of benzene rings is 1. The minimum Gasteiger partial charge on any atom is -0.440 e. The number of oxazole rings is 1. The fourth-order valence-corrected chi connectivity index (χ4v) is 3.68. The Kier molecular flexibility index (Phi) is 9.64. The molecule has 1 aliphatic carbocycles. The number of carbonyl (C=O) groups is 1. The molecule has 2 atom stereocenters. The summed E-state index contributed by atoms with van der Waals surface area (Å²) in [6, 6.07) is 7.41. The molecule has 0 radical (unpaired) electrons. The molecule has 1 fully saturated rings. The molecule has 156 valence electrons. The van der Waals surface area contributed by atoms with Crippen molar-refractivity contribution in [3.05, 3.63) is 41.4 Å². The minimum atomic E-state index is -0.295. The van der Waals surface area contributed by atoms with E-state index in [4.69, 9.17) is 21.8 Å². The molecule has 1 aromatic carbocycles. The highest BCUT2D eigenvalue weighted by atomic mass is 35.5. The second kappa shape index (κ2) is 10.7. The normalized spacial score (nSPS) is 16.3. The topological polar surface area (TPSA) is 81.2 Å². The molecule has 2 aromatic rings. The lowest BCUT2D eigenvalue weighted by atomic mass is 9.96. The van der Waals surface area contributed by atoms with Gasteiger partial charge in [-0.1, -0.05) is 11.6 Å². The maximum atomic E-state index is 12.5. The highest BCUT2D eigenvalue weighted by Crippen LogP contribution is 2.39. The van der Waals surface area contributed by atoms with Crippen molar-refractivity contribution in [3.8, 4) is 11.3 Å². The predicted octanol–water partition coefficient (Wildman–Crippen LogP) is 4.70. The zero-order valence-electron chi connectivity index (χ0n) is 15.8. The molecular weight excluding hydrogens is 441 g/mol. The Hall–Kier alpha value is -0.920. The number of nitrogens with two attached hydrogens (primary N) is 1. The van der Waals surface area contributed by atoms with Crippen LogP contribution in [0.15, 0.2) is 34.9 Å². The van der Waals surface area contributed by atoms with Gasteiger partial charge < -0.3 is 15.5 Å². The molecule has 3 N–H and O–H groups in total. The maximum Gasteiger partial charge on any atom is 0.233 e. The number of halogens is 3. The Bertz CT molecular complexity index is 768. The molecule has 0 bridgehead atoms. The molecule has 2 unspecified atom stereocenters. The van der Waals surface area contributed by atoms with Gasteiger partial charge >= 0.3 is 0 Å². The monoisotopic (exact) mass is 465 g/mol. The lowest BCUT2D eigenvalue weighted by Gasteiger charge is -2.30. The van der Waals surface area contributed by atoms with Gasteiger partial charge in [-0.2, -0.15) is 0 Å². The van der Waals surface area contributed by atoms with Crippen molar-refractivity contribution in [2.45, 2.75) is 43.2 Å². The van der Waals surface area contributed by atoms with Gasteiger partial charge in [-0.3, -0.25) is 4.79 Å². The zero-order chi connectivity index (χ0) is 18.7. The van der Waals surface area contributed by atoms with E-state index >= 15 is 0 Å². The van der Waals surface area contributed by atoms with Gasteiger partial charge in [-0.15, -0.1) is 36.6 Å². The number of nitrogens with zero attached hydrogens (tertiary/aromatic N) is 1. The summed E-state index contributed by atoms with van der Waals surface area (Å²) < 4.78 is 5.78. The van der Waals surface area contributed by atoms with Crippen molar-refractivity contribution in [1.29, 1.82) is 0 Å². The zero-order valence-corrected chi connectivity index (χ0v) is 19.0. The summed E-state index contributed by atoms with van der Waals surface area (Å²) in [6.45, 7) is 4.39. The van der Waals surface area contributed by atoms with Crippen LogP contribution >= 0.6 is 48.2 Å². The molecule has 0 saturated heterocycles. The molecule has 0 aliphatic heterocycles. The number of aromatic nitrogens is 1. The van der Waals surface area contributed by atoms with Gasteiger partial charge in [0.05, 0.1) is 22.7 Å². The summed E-state index contributed by atoms with van der Waals surface area (Å²) in [6.07, 6.45) is 3.97. The predicted molar refractivity (Wildman–Crippen MR) is 121 cm³/mol. The van der Waals surface area contributed by atoms with E-state index in [2.05, 4.69) is 10.3 Å². The molecule has 1 saturated carbocycles. The van der Waals surface area contributed by atoms with Crippen LogP contribution < -0.4 is 11.1 Å². The lowest BCUT2D eigenvalue weighted by molar-refractivity contribution is -0.122. The molecule has 1 aliphatic rings. The van der Waals surface area contributed by atoms with Crippen molar-refractivity contribution < 1.29 is 9.21 Å². The van der Waals surface area contributed by atoms with Gasteiger partial charge in [-0.25, -0.2) is 4.98 Å². The Morgan fingerprint density at radius 1 is 1.39 bits per heavy atom. The highest BCUT2D eigenvalue weighted by molar-refractivity contribution is 7.99. The lowest BCUT2D eigenvalue weighted by Crippen LogP contribution is -2.54. The Balaban J connectivity index is 0.00000196. The standard InChI is InChI=1S/C19H24ClN3O2S.2ClH/c1-12(18(24)23-19(2,11-21)14-5-6-14)26-10-17-22-9-16(25-17)13-3-7-15(20)8-4-13;;/h3-4,7-9,12,14H,5-6,10-11,21H2,1-2H3,(H,23,24);2*1H. The fraction of sp³-hybridized carbons (Fsp3) is 0.474.